The zero-order valence-electron chi connectivity index (χ0n) is 12.6. The maximum atomic E-state index is 2.47. The van der Waals surface area contributed by atoms with Gasteiger partial charge in [-0.25, -0.2) is 0 Å². The monoisotopic (exact) mass is 285 g/mol. The molecule has 0 spiro atoms. The van der Waals surface area contributed by atoms with Gasteiger partial charge in [-0.15, -0.1) is 0 Å². The lowest BCUT2D eigenvalue weighted by Gasteiger charge is -2.30. The Hall–Kier alpha value is -2.54. The van der Waals surface area contributed by atoms with Gasteiger partial charge in [-0.1, -0.05) is 66.7 Å². The SMILES string of the molecule is c1ccc(-c2ccc(N3CCc4ccccc4C3)cc2)cc1. The summed E-state index contributed by atoms with van der Waals surface area (Å²) in [5, 5.41) is 0. The fraction of sp³-hybridized carbons (Fsp3) is 0.143. The largest absolute Gasteiger partial charge is 0.367 e. The Labute approximate surface area is 131 Å². The highest BCUT2D eigenvalue weighted by molar-refractivity contribution is 5.66. The van der Waals surface area contributed by atoms with Crippen molar-refractivity contribution in [1.82, 2.24) is 0 Å². The molecule has 0 unspecified atom stereocenters. The normalized spacial score (nSPS) is 13.7. The minimum Gasteiger partial charge on any atom is -0.367 e. The van der Waals surface area contributed by atoms with Crippen molar-refractivity contribution in [1.29, 1.82) is 0 Å². The van der Waals surface area contributed by atoms with Crippen molar-refractivity contribution < 1.29 is 0 Å². The van der Waals surface area contributed by atoms with E-state index in [2.05, 4.69) is 83.8 Å². The molecule has 0 fully saturated rings. The van der Waals surface area contributed by atoms with E-state index in [4.69, 9.17) is 0 Å². The van der Waals surface area contributed by atoms with Crippen molar-refractivity contribution in [3.8, 4) is 11.1 Å². The maximum absolute atomic E-state index is 2.47. The van der Waals surface area contributed by atoms with Crippen molar-refractivity contribution in [2.24, 2.45) is 0 Å². The minimum absolute atomic E-state index is 1.01. The Bertz CT molecular complexity index is 759. The number of benzene rings is 3. The third-order valence-corrected chi connectivity index (χ3v) is 4.47. The van der Waals surface area contributed by atoms with Gasteiger partial charge in [0, 0.05) is 18.8 Å². The topological polar surface area (TPSA) is 3.24 Å². The predicted molar refractivity (Wildman–Crippen MR) is 93.1 cm³/mol. The third-order valence-electron chi connectivity index (χ3n) is 4.47. The average molecular weight is 285 g/mol. The first-order chi connectivity index (χ1) is 10.9. The number of rotatable bonds is 2. The quantitative estimate of drug-likeness (QED) is 0.646. The summed E-state index contributed by atoms with van der Waals surface area (Å²) < 4.78 is 0. The van der Waals surface area contributed by atoms with E-state index < -0.39 is 0 Å². The zero-order valence-corrected chi connectivity index (χ0v) is 12.6. The van der Waals surface area contributed by atoms with Gasteiger partial charge in [0.1, 0.15) is 0 Å². The second-order valence-electron chi connectivity index (χ2n) is 5.85. The van der Waals surface area contributed by atoms with Gasteiger partial charge in [0.05, 0.1) is 0 Å². The molecule has 0 amide bonds. The van der Waals surface area contributed by atoms with Crippen LogP contribution in [0, 0.1) is 0 Å². The van der Waals surface area contributed by atoms with Gasteiger partial charge in [0.15, 0.2) is 0 Å². The van der Waals surface area contributed by atoms with E-state index in [1.54, 1.807) is 0 Å². The van der Waals surface area contributed by atoms with Gasteiger partial charge in [-0.2, -0.15) is 0 Å². The molecule has 0 aliphatic carbocycles. The fourth-order valence-corrected chi connectivity index (χ4v) is 3.21. The Kier molecular flexibility index (Phi) is 3.40. The van der Waals surface area contributed by atoms with Gasteiger partial charge in [0.25, 0.3) is 0 Å². The van der Waals surface area contributed by atoms with E-state index in [-0.39, 0.29) is 0 Å². The summed E-state index contributed by atoms with van der Waals surface area (Å²) in [6, 6.07) is 28.3. The maximum Gasteiger partial charge on any atom is 0.0432 e. The Morgan fingerprint density at radius 3 is 2.00 bits per heavy atom. The molecule has 0 aromatic heterocycles. The summed E-state index contributed by atoms with van der Waals surface area (Å²) in [5.74, 6) is 0. The van der Waals surface area contributed by atoms with Gasteiger partial charge in [0.2, 0.25) is 0 Å². The lowest BCUT2D eigenvalue weighted by molar-refractivity contribution is 0.732. The van der Waals surface area contributed by atoms with Crippen molar-refractivity contribution in [3.63, 3.8) is 0 Å². The molecule has 3 aromatic carbocycles. The molecule has 0 N–H and O–H groups in total. The Balaban J connectivity index is 1.57. The summed E-state index contributed by atoms with van der Waals surface area (Å²) in [6.45, 7) is 2.11. The Morgan fingerprint density at radius 1 is 0.591 bits per heavy atom. The highest BCUT2D eigenvalue weighted by Gasteiger charge is 2.15. The van der Waals surface area contributed by atoms with E-state index in [0.29, 0.717) is 0 Å². The summed E-state index contributed by atoms with van der Waals surface area (Å²) in [6.07, 6.45) is 1.14. The molecule has 1 heteroatoms. The van der Waals surface area contributed by atoms with Crippen LogP contribution < -0.4 is 4.90 Å². The molecular formula is C21H19N. The molecule has 22 heavy (non-hydrogen) atoms. The molecule has 0 saturated carbocycles. The van der Waals surface area contributed by atoms with Crippen molar-refractivity contribution in [2.75, 3.05) is 11.4 Å². The summed E-state index contributed by atoms with van der Waals surface area (Å²) >= 11 is 0. The molecule has 3 aromatic rings. The molecule has 1 aliphatic rings. The van der Waals surface area contributed by atoms with Gasteiger partial charge in [-0.3, -0.25) is 0 Å². The number of fused-ring (bicyclic) bond motifs is 1. The number of anilines is 1. The van der Waals surface area contributed by atoms with Crippen LogP contribution in [0.25, 0.3) is 11.1 Å². The molecule has 0 saturated heterocycles. The van der Waals surface area contributed by atoms with E-state index in [1.807, 2.05) is 0 Å². The van der Waals surface area contributed by atoms with Crippen LogP contribution in [0.15, 0.2) is 78.9 Å². The molecular weight excluding hydrogens is 266 g/mol. The first kappa shape index (κ1) is 13.1. The average Bonchev–Trinajstić information content (AvgIpc) is 2.62. The van der Waals surface area contributed by atoms with Crippen molar-refractivity contribution >= 4 is 5.69 Å². The molecule has 108 valence electrons. The molecule has 1 aliphatic heterocycles. The van der Waals surface area contributed by atoms with Gasteiger partial charge in [-0.05, 0) is 40.8 Å². The molecule has 0 bridgehead atoms. The molecule has 1 nitrogen and oxygen atoms in total. The summed E-state index contributed by atoms with van der Waals surface area (Å²) in [7, 11) is 0. The van der Waals surface area contributed by atoms with Crippen LogP contribution in [0.2, 0.25) is 0 Å². The standard InChI is InChI=1S/C21H19N/c1-2-6-17(7-3-1)19-10-12-21(13-11-19)22-15-14-18-8-4-5-9-20(18)16-22/h1-13H,14-16H2. The van der Waals surface area contributed by atoms with Gasteiger partial charge < -0.3 is 4.90 Å². The Morgan fingerprint density at radius 2 is 1.23 bits per heavy atom. The van der Waals surface area contributed by atoms with E-state index >= 15 is 0 Å². The summed E-state index contributed by atoms with van der Waals surface area (Å²) in [5.41, 5.74) is 6.83. The van der Waals surface area contributed by atoms with Crippen LogP contribution in [0.3, 0.4) is 0 Å². The first-order valence-electron chi connectivity index (χ1n) is 7.87. The number of hydrogen-bond donors (Lipinski definition) is 0. The van der Waals surface area contributed by atoms with Crippen molar-refractivity contribution in [2.45, 2.75) is 13.0 Å². The molecule has 0 atom stereocenters. The van der Waals surface area contributed by atoms with E-state index in [1.165, 1.54) is 27.9 Å². The lowest BCUT2D eigenvalue weighted by atomic mass is 9.99. The van der Waals surface area contributed by atoms with Crippen LogP contribution in [-0.4, -0.2) is 6.54 Å². The van der Waals surface area contributed by atoms with E-state index in [0.717, 1.165) is 19.5 Å². The van der Waals surface area contributed by atoms with E-state index in [9.17, 15) is 0 Å². The number of nitrogens with zero attached hydrogens (tertiary/aromatic N) is 1. The fourth-order valence-electron chi connectivity index (χ4n) is 3.21. The smallest absolute Gasteiger partial charge is 0.0432 e. The second kappa shape index (κ2) is 5.69. The molecule has 4 rings (SSSR count). The molecule has 0 radical (unpaired) electrons. The third kappa shape index (κ3) is 2.50. The highest BCUT2D eigenvalue weighted by Crippen LogP contribution is 2.27. The second-order valence-corrected chi connectivity index (χ2v) is 5.85. The number of hydrogen-bond acceptors (Lipinski definition) is 1. The predicted octanol–water partition coefficient (Wildman–Crippen LogP) is 4.92. The van der Waals surface area contributed by atoms with Crippen LogP contribution >= 0.6 is 0 Å². The van der Waals surface area contributed by atoms with Crippen LogP contribution in [0.4, 0.5) is 5.69 Å². The zero-order chi connectivity index (χ0) is 14.8. The lowest BCUT2D eigenvalue weighted by Crippen LogP contribution is -2.30. The van der Waals surface area contributed by atoms with Gasteiger partial charge >= 0.3 is 0 Å². The molecule has 1 heterocycles. The van der Waals surface area contributed by atoms with Crippen molar-refractivity contribution in [3.05, 3.63) is 90.0 Å². The first-order valence-corrected chi connectivity index (χ1v) is 7.87. The van der Waals surface area contributed by atoms with Crippen LogP contribution in [0.5, 0.6) is 0 Å². The summed E-state index contributed by atoms with van der Waals surface area (Å²) in [4.78, 5) is 2.47. The minimum atomic E-state index is 1.01. The highest BCUT2D eigenvalue weighted by atomic mass is 15.1. The van der Waals surface area contributed by atoms with Crippen LogP contribution in [-0.2, 0) is 13.0 Å². The van der Waals surface area contributed by atoms with Crippen LogP contribution in [0.1, 0.15) is 11.1 Å².